The zero-order valence-electron chi connectivity index (χ0n) is 15.1. The Bertz CT molecular complexity index is 852. The van der Waals surface area contributed by atoms with Gasteiger partial charge in [-0.15, -0.1) is 0 Å². The Morgan fingerprint density at radius 1 is 1.00 bits per heavy atom. The van der Waals surface area contributed by atoms with E-state index in [0.29, 0.717) is 24.5 Å². The molecular weight excluding hydrogens is 327 g/mol. The number of rotatable bonds is 7. The van der Waals surface area contributed by atoms with Gasteiger partial charge in [0.2, 0.25) is 5.95 Å². The predicted octanol–water partition coefficient (Wildman–Crippen LogP) is 4.22. The molecule has 0 atom stereocenters. The normalized spacial score (nSPS) is 10.6. The third kappa shape index (κ3) is 4.79. The van der Waals surface area contributed by atoms with Crippen molar-refractivity contribution in [1.29, 1.82) is 0 Å². The Balaban J connectivity index is 1.64. The molecule has 134 valence electrons. The average molecular weight is 350 g/mol. The number of aryl methyl sites for hydroxylation is 1. The van der Waals surface area contributed by atoms with E-state index in [0.717, 1.165) is 18.1 Å². The molecule has 0 aliphatic rings. The molecule has 0 spiro atoms. The number of nitrogens with zero attached hydrogens (tertiary/aromatic N) is 3. The molecule has 5 heteroatoms. The molecule has 0 saturated carbocycles. The van der Waals surface area contributed by atoms with Gasteiger partial charge < -0.3 is 10.2 Å². The highest BCUT2D eigenvalue weighted by Gasteiger charge is 2.08. The summed E-state index contributed by atoms with van der Waals surface area (Å²) in [5.74, 6) is 1.24. The summed E-state index contributed by atoms with van der Waals surface area (Å²) in [6.07, 6.45) is 0.583. The maximum Gasteiger partial charge on any atom is 0.224 e. The molecule has 3 aromatic rings. The van der Waals surface area contributed by atoms with Gasteiger partial charge in [-0.1, -0.05) is 48.5 Å². The van der Waals surface area contributed by atoms with Crippen LogP contribution in [0, 0.1) is 12.7 Å². The second-order valence-corrected chi connectivity index (χ2v) is 6.30. The Morgan fingerprint density at radius 3 is 2.50 bits per heavy atom. The Kier molecular flexibility index (Phi) is 5.79. The molecule has 26 heavy (non-hydrogen) atoms. The summed E-state index contributed by atoms with van der Waals surface area (Å²) in [4.78, 5) is 11.1. The first-order valence-corrected chi connectivity index (χ1v) is 8.70. The maximum atomic E-state index is 13.7. The molecule has 0 unspecified atom stereocenters. The first kappa shape index (κ1) is 17.9. The minimum absolute atomic E-state index is 0.178. The van der Waals surface area contributed by atoms with Crippen molar-refractivity contribution in [2.75, 3.05) is 23.8 Å². The zero-order chi connectivity index (χ0) is 18.4. The molecule has 1 aromatic heterocycles. The molecule has 0 aliphatic carbocycles. The van der Waals surface area contributed by atoms with Crippen LogP contribution in [0.2, 0.25) is 0 Å². The number of aromatic nitrogens is 2. The number of halogens is 1. The quantitative estimate of drug-likeness (QED) is 0.693. The first-order chi connectivity index (χ1) is 12.6. The van der Waals surface area contributed by atoms with E-state index in [4.69, 9.17) is 0 Å². The molecule has 0 radical (unpaired) electrons. The second kappa shape index (κ2) is 8.43. The lowest BCUT2D eigenvalue weighted by Gasteiger charge is -2.19. The van der Waals surface area contributed by atoms with E-state index in [1.165, 1.54) is 11.6 Å². The smallest absolute Gasteiger partial charge is 0.224 e. The molecule has 4 nitrogen and oxygen atoms in total. The fourth-order valence-electron chi connectivity index (χ4n) is 2.77. The molecule has 0 saturated heterocycles. The van der Waals surface area contributed by atoms with E-state index in [2.05, 4.69) is 32.3 Å². The van der Waals surface area contributed by atoms with Crippen LogP contribution in [0.15, 0.2) is 60.7 Å². The number of benzene rings is 2. The number of anilines is 2. The van der Waals surface area contributed by atoms with Crippen molar-refractivity contribution in [3.63, 3.8) is 0 Å². The van der Waals surface area contributed by atoms with Crippen LogP contribution in [0.1, 0.15) is 16.8 Å². The SMILES string of the molecule is Cc1cc(N(C)Cc2ccccc2)nc(NCCc2ccccc2F)n1. The van der Waals surface area contributed by atoms with Crippen molar-refractivity contribution in [2.45, 2.75) is 19.9 Å². The van der Waals surface area contributed by atoms with Crippen molar-refractivity contribution in [1.82, 2.24) is 9.97 Å². The third-order valence-corrected chi connectivity index (χ3v) is 4.13. The maximum absolute atomic E-state index is 13.7. The monoisotopic (exact) mass is 350 g/mol. The fourth-order valence-corrected chi connectivity index (χ4v) is 2.77. The third-order valence-electron chi connectivity index (χ3n) is 4.13. The molecule has 0 bridgehead atoms. The lowest BCUT2D eigenvalue weighted by Crippen LogP contribution is -2.19. The standard InChI is InChI=1S/C21H23FN4/c1-16-14-20(26(2)15-17-8-4-3-5-9-17)25-21(24-16)23-13-12-18-10-6-7-11-19(18)22/h3-11,14H,12-13,15H2,1-2H3,(H,23,24,25). The van der Waals surface area contributed by atoms with Crippen LogP contribution in [-0.4, -0.2) is 23.6 Å². The molecule has 0 aliphatic heterocycles. The molecule has 2 aromatic carbocycles. The van der Waals surface area contributed by atoms with E-state index in [1.807, 2.05) is 44.3 Å². The van der Waals surface area contributed by atoms with Crippen LogP contribution in [0.4, 0.5) is 16.2 Å². The van der Waals surface area contributed by atoms with E-state index in [-0.39, 0.29) is 5.82 Å². The van der Waals surface area contributed by atoms with E-state index < -0.39 is 0 Å². The van der Waals surface area contributed by atoms with Crippen LogP contribution < -0.4 is 10.2 Å². The van der Waals surface area contributed by atoms with E-state index in [9.17, 15) is 4.39 Å². The van der Waals surface area contributed by atoms with Gasteiger partial charge in [0.05, 0.1) is 0 Å². The van der Waals surface area contributed by atoms with Gasteiger partial charge in [-0.3, -0.25) is 0 Å². The van der Waals surface area contributed by atoms with Gasteiger partial charge in [0.1, 0.15) is 11.6 Å². The number of hydrogen-bond acceptors (Lipinski definition) is 4. The van der Waals surface area contributed by atoms with Crippen molar-refractivity contribution in [3.8, 4) is 0 Å². The van der Waals surface area contributed by atoms with Crippen LogP contribution in [0.25, 0.3) is 0 Å². The Labute approximate surface area is 153 Å². The number of nitrogens with one attached hydrogen (secondary N) is 1. The highest BCUT2D eigenvalue weighted by Crippen LogP contribution is 2.16. The topological polar surface area (TPSA) is 41.1 Å². The highest BCUT2D eigenvalue weighted by molar-refractivity contribution is 5.44. The summed E-state index contributed by atoms with van der Waals surface area (Å²) in [6.45, 7) is 3.29. The minimum atomic E-state index is -0.178. The fraction of sp³-hybridized carbons (Fsp3) is 0.238. The summed E-state index contributed by atoms with van der Waals surface area (Å²) in [6, 6.07) is 19.1. The van der Waals surface area contributed by atoms with Gasteiger partial charge in [-0.2, -0.15) is 4.98 Å². The number of hydrogen-bond donors (Lipinski definition) is 1. The molecule has 1 N–H and O–H groups in total. The Hall–Kier alpha value is -2.95. The second-order valence-electron chi connectivity index (χ2n) is 6.30. The van der Waals surface area contributed by atoms with Crippen molar-refractivity contribution >= 4 is 11.8 Å². The summed E-state index contributed by atoms with van der Waals surface area (Å²) in [7, 11) is 2.01. The van der Waals surface area contributed by atoms with Crippen LogP contribution in [0.5, 0.6) is 0 Å². The van der Waals surface area contributed by atoms with Crippen LogP contribution >= 0.6 is 0 Å². The summed E-state index contributed by atoms with van der Waals surface area (Å²) in [5.41, 5.74) is 2.80. The van der Waals surface area contributed by atoms with Gasteiger partial charge in [-0.05, 0) is 30.5 Å². The van der Waals surface area contributed by atoms with Gasteiger partial charge in [0.25, 0.3) is 0 Å². The van der Waals surface area contributed by atoms with Gasteiger partial charge >= 0.3 is 0 Å². The lowest BCUT2D eigenvalue weighted by molar-refractivity contribution is 0.610. The van der Waals surface area contributed by atoms with Gasteiger partial charge in [0, 0.05) is 31.9 Å². The summed E-state index contributed by atoms with van der Waals surface area (Å²) < 4.78 is 13.7. The zero-order valence-corrected chi connectivity index (χ0v) is 15.1. The summed E-state index contributed by atoms with van der Waals surface area (Å²) in [5, 5.41) is 3.20. The Morgan fingerprint density at radius 2 is 1.73 bits per heavy atom. The molecule has 3 rings (SSSR count). The molecular formula is C21H23FN4. The van der Waals surface area contributed by atoms with Gasteiger partial charge in [0.15, 0.2) is 0 Å². The summed E-state index contributed by atoms with van der Waals surface area (Å²) >= 11 is 0. The van der Waals surface area contributed by atoms with Crippen molar-refractivity contribution in [2.24, 2.45) is 0 Å². The van der Waals surface area contributed by atoms with Gasteiger partial charge in [-0.25, -0.2) is 9.37 Å². The molecule has 1 heterocycles. The lowest BCUT2D eigenvalue weighted by atomic mass is 10.1. The van der Waals surface area contributed by atoms with Crippen molar-refractivity contribution in [3.05, 3.63) is 83.3 Å². The van der Waals surface area contributed by atoms with E-state index >= 15 is 0 Å². The van der Waals surface area contributed by atoms with Crippen LogP contribution in [0.3, 0.4) is 0 Å². The molecule has 0 fully saturated rings. The largest absolute Gasteiger partial charge is 0.355 e. The van der Waals surface area contributed by atoms with Crippen LogP contribution in [-0.2, 0) is 13.0 Å². The predicted molar refractivity (Wildman–Crippen MR) is 104 cm³/mol. The first-order valence-electron chi connectivity index (χ1n) is 8.70. The highest BCUT2D eigenvalue weighted by atomic mass is 19.1. The van der Waals surface area contributed by atoms with Crippen molar-refractivity contribution < 1.29 is 4.39 Å². The molecule has 0 amide bonds. The van der Waals surface area contributed by atoms with E-state index in [1.54, 1.807) is 12.1 Å². The average Bonchev–Trinajstić information content (AvgIpc) is 2.64. The minimum Gasteiger partial charge on any atom is -0.355 e.